The van der Waals surface area contributed by atoms with Crippen molar-refractivity contribution in [3.05, 3.63) is 70.8 Å². The van der Waals surface area contributed by atoms with Crippen LogP contribution in [0.5, 0.6) is 5.75 Å². The molecule has 0 radical (unpaired) electrons. The standard InChI is InChI=1S/C27H34N2O2/c1-3-29(27(30)25-18-23-8-4-5-9-24(23)19-25)20-22-12-15-28(16-13-22)14-11-21-7-6-10-26(17-21)31-2/h4-10,17-18,22H,3,11-16,19-20H2,1-2H3. The molecule has 4 heteroatoms. The van der Waals surface area contributed by atoms with E-state index >= 15 is 0 Å². The van der Waals surface area contributed by atoms with E-state index < -0.39 is 0 Å². The lowest BCUT2D eigenvalue weighted by Crippen LogP contribution is -2.41. The first-order chi connectivity index (χ1) is 15.2. The molecule has 4 nitrogen and oxygen atoms in total. The van der Waals surface area contributed by atoms with Crippen LogP contribution in [0.1, 0.15) is 36.5 Å². The minimum absolute atomic E-state index is 0.221. The number of benzene rings is 2. The summed E-state index contributed by atoms with van der Waals surface area (Å²) in [5.41, 5.74) is 4.74. The van der Waals surface area contributed by atoms with Crippen molar-refractivity contribution in [1.82, 2.24) is 9.80 Å². The Morgan fingerprint density at radius 3 is 2.68 bits per heavy atom. The molecule has 0 saturated carbocycles. The summed E-state index contributed by atoms with van der Waals surface area (Å²) in [7, 11) is 1.72. The number of likely N-dealkylation sites (N-methyl/N-ethyl adjacent to an activating group) is 1. The summed E-state index contributed by atoms with van der Waals surface area (Å²) >= 11 is 0. The highest BCUT2D eigenvalue weighted by molar-refractivity contribution is 6.00. The number of amides is 1. The number of methoxy groups -OCH3 is 1. The summed E-state index contributed by atoms with van der Waals surface area (Å²) in [5, 5.41) is 0. The van der Waals surface area contributed by atoms with Crippen molar-refractivity contribution in [2.24, 2.45) is 5.92 Å². The molecule has 0 N–H and O–H groups in total. The largest absolute Gasteiger partial charge is 0.497 e. The van der Waals surface area contributed by atoms with Gasteiger partial charge in [0.05, 0.1) is 7.11 Å². The zero-order valence-corrected chi connectivity index (χ0v) is 18.8. The van der Waals surface area contributed by atoms with E-state index in [1.807, 2.05) is 12.1 Å². The second-order valence-corrected chi connectivity index (χ2v) is 8.78. The Hall–Kier alpha value is -2.59. The van der Waals surface area contributed by atoms with Gasteiger partial charge in [0.15, 0.2) is 0 Å². The van der Waals surface area contributed by atoms with Gasteiger partial charge in [0.1, 0.15) is 5.75 Å². The Morgan fingerprint density at radius 2 is 1.94 bits per heavy atom. The topological polar surface area (TPSA) is 32.8 Å². The highest BCUT2D eigenvalue weighted by atomic mass is 16.5. The first-order valence-electron chi connectivity index (χ1n) is 11.6. The highest BCUT2D eigenvalue weighted by Gasteiger charge is 2.26. The Kier molecular flexibility index (Phi) is 7.08. The molecule has 1 amide bonds. The van der Waals surface area contributed by atoms with Crippen molar-refractivity contribution in [3.8, 4) is 5.75 Å². The third-order valence-corrected chi connectivity index (χ3v) is 6.75. The van der Waals surface area contributed by atoms with Crippen molar-refractivity contribution in [1.29, 1.82) is 0 Å². The smallest absolute Gasteiger partial charge is 0.250 e. The number of ether oxygens (including phenoxy) is 1. The van der Waals surface area contributed by atoms with Gasteiger partial charge in [-0.25, -0.2) is 0 Å². The van der Waals surface area contributed by atoms with Crippen LogP contribution in [0.2, 0.25) is 0 Å². The quantitative estimate of drug-likeness (QED) is 0.635. The van der Waals surface area contributed by atoms with Crippen molar-refractivity contribution in [3.63, 3.8) is 0 Å². The number of carbonyl (C=O) groups is 1. The zero-order chi connectivity index (χ0) is 21.6. The van der Waals surface area contributed by atoms with Crippen molar-refractivity contribution in [2.75, 3.05) is 39.8 Å². The monoisotopic (exact) mass is 418 g/mol. The Labute approximate surface area is 186 Å². The lowest BCUT2D eigenvalue weighted by molar-refractivity contribution is -0.127. The minimum atomic E-state index is 0.221. The van der Waals surface area contributed by atoms with E-state index in [9.17, 15) is 4.79 Å². The summed E-state index contributed by atoms with van der Waals surface area (Å²) in [6.07, 6.45) is 6.24. The lowest BCUT2D eigenvalue weighted by Gasteiger charge is -2.35. The normalized spacial score (nSPS) is 16.6. The number of hydrogen-bond acceptors (Lipinski definition) is 3. The van der Waals surface area contributed by atoms with Crippen LogP contribution in [-0.2, 0) is 17.6 Å². The van der Waals surface area contributed by atoms with Crippen LogP contribution in [0.4, 0.5) is 0 Å². The summed E-state index contributed by atoms with van der Waals surface area (Å²) < 4.78 is 5.33. The van der Waals surface area contributed by atoms with Gasteiger partial charge in [-0.3, -0.25) is 4.79 Å². The maximum absolute atomic E-state index is 13.1. The molecule has 0 atom stereocenters. The van der Waals surface area contributed by atoms with E-state index in [0.29, 0.717) is 5.92 Å². The molecule has 2 aromatic rings. The van der Waals surface area contributed by atoms with Crippen LogP contribution < -0.4 is 4.74 Å². The van der Waals surface area contributed by atoms with Crippen LogP contribution in [-0.4, -0.2) is 55.5 Å². The fourth-order valence-corrected chi connectivity index (χ4v) is 4.80. The summed E-state index contributed by atoms with van der Waals surface area (Å²) in [5.74, 6) is 1.75. The van der Waals surface area contributed by atoms with E-state index in [-0.39, 0.29) is 5.91 Å². The molecule has 1 aliphatic heterocycles. The molecule has 1 fully saturated rings. The zero-order valence-electron chi connectivity index (χ0n) is 18.8. The average molecular weight is 419 g/mol. The predicted molar refractivity (Wildman–Crippen MR) is 126 cm³/mol. The molecule has 0 unspecified atom stereocenters. The highest BCUT2D eigenvalue weighted by Crippen LogP contribution is 2.27. The second-order valence-electron chi connectivity index (χ2n) is 8.78. The molecular weight excluding hydrogens is 384 g/mol. The van der Waals surface area contributed by atoms with Crippen molar-refractivity contribution < 1.29 is 9.53 Å². The third kappa shape index (κ3) is 5.37. The fraction of sp³-hybridized carbons (Fsp3) is 0.444. The van der Waals surface area contributed by atoms with Crippen molar-refractivity contribution >= 4 is 12.0 Å². The van der Waals surface area contributed by atoms with E-state index in [2.05, 4.69) is 59.2 Å². The molecular formula is C27H34N2O2. The van der Waals surface area contributed by atoms with Crippen molar-refractivity contribution in [2.45, 2.75) is 32.6 Å². The maximum atomic E-state index is 13.1. The number of hydrogen-bond donors (Lipinski definition) is 0. The molecule has 2 aromatic carbocycles. The molecule has 4 rings (SSSR count). The Bertz CT molecular complexity index is 928. The molecule has 0 aromatic heterocycles. The van der Waals surface area contributed by atoms with Gasteiger partial charge in [0.2, 0.25) is 5.91 Å². The molecule has 31 heavy (non-hydrogen) atoms. The summed E-state index contributed by atoms with van der Waals surface area (Å²) in [6.45, 7) is 7.09. The van der Waals surface area contributed by atoms with Gasteiger partial charge < -0.3 is 14.5 Å². The number of likely N-dealkylation sites (tertiary alicyclic amines) is 1. The number of piperidine rings is 1. The van der Waals surface area contributed by atoms with Gasteiger partial charge in [0.25, 0.3) is 0 Å². The number of carbonyl (C=O) groups excluding carboxylic acids is 1. The molecule has 164 valence electrons. The summed E-state index contributed by atoms with van der Waals surface area (Å²) in [4.78, 5) is 17.8. The van der Waals surface area contributed by atoms with Gasteiger partial charge >= 0.3 is 0 Å². The average Bonchev–Trinajstić information content (AvgIpc) is 3.26. The van der Waals surface area contributed by atoms with Crippen LogP contribution in [0.25, 0.3) is 6.08 Å². The summed E-state index contributed by atoms with van der Waals surface area (Å²) in [6, 6.07) is 16.7. The van der Waals surface area contributed by atoms with Gasteiger partial charge in [-0.05, 0) is 80.1 Å². The van der Waals surface area contributed by atoms with Gasteiger partial charge in [0, 0.05) is 31.6 Å². The lowest BCUT2D eigenvalue weighted by atomic mass is 9.95. The van der Waals surface area contributed by atoms with Gasteiger partial charge in [-0.1, -0.05) is 36.4 Å². The Morgan fingerprint density at radius 1 is 1.13 bits per heavy atom. The minimum Gasteiger partial charge on any atom is -0.497 e. The van der Waals surface area contributed by atoms with E-state index in [1.54, 1.807) is 7.11 Å². The Balaban J connectivity index is 1.24. The van der Waals surface area contributed by atoms with Gasteiger partial charge in [-0.2, -0.15) is 0 Å². The SMILES string of the molecule is CCN(CC1CCN(CCc2cccc(OC)c2)CC1)C(=O)C1=Cc2ccccc2C1. The molecule has 0 spiro atoms. The van der Waals surface area contributed by atoms with Crippen LogP contribution in [0.15, 0.2) is 54.1 Å². The van der Waals surface area contributed by atoms with E-state index in [1.165, 1.54) is 29.5 Å². The second kappa shape index (κ2) is 10.1. The van der Waals surface area contributed by atoms with Crippen LogP contribution >= 0.6 is 0 Å². The maximum Gasteiger partial charge on any atom is 0.250 e. The predicted octanol–water partition coefficient (Wildman–Crippen LogP) is 4.44. The molecule has 1 heterocycles. The third-order valence-electron chi connectivity index (χ3n) is 6.75. The van der Waals surface area contributed by atoms with Gasteiger partial charge in [-0.15, -0.1) is 0 Å². The molecule has 1 saturated heterocycles. The fourth-order valence-electron chi connectivity index (χ4n) is 4.80. The molecule has 1 aliphatic carbocycles. The van der Waals surface area contributed by atoms with Crippen LogP contribution in [0.3, 0.4) is 0 Å². The van der Waals surface area contributed by atoms with E-state index in [0.717, 1.165) is 56.9 Å². The molecule has 0 bridgehead atoms. The van der Waals surface area contributed by atoms with Crippen LogP contribution in [0, 0.1) is 5.92 Å². The number of fused-ring (bicyclic) bond motifs is 1. The van der Waals surface area contributed by atoms with E-state index in [4.69, 9.17) is 4.74 Å². The first-order valence-corrected chi connectivity index (χ1v) is 11.6. The molecule has 2 aliphatic rings. The number of rotatable bonds is 8. The first kappa shape index (κ1) is 21.6. The number of nitrogens with zero attached hydrogens (tertiary/aromatic N) is 2.